The lowest BCUT2D eigenvalue weighted by Gasteiger charge is -2.13. The van der Waals surface area contributed by atoms with Gasteiger partial charge in [-0.1, -0.05) is 13.8 Å². The maximum absolute atomic E-state index is 5.41. The van der Waals surface area contributed by atoms with Crippen LogP contribution < -0.4 is 20.1 Å². The van der Waals surface area contributed by atoms with Crippen LogP contribution in [0.2, 0.25) is 0 Å². The summed E-state index contributed by atoms with van der Waals surface area (Å²) in [7, 11) is 3.26. The molecule has 2 rings (SSSR count). The second kappa shape index (κ2) is 8.38. The largest absolute Gasteiger partial charge is 0.497 e. The number of ether oxygens (including phenoxy) is 2. The highest BCUT2D eigenvalue weighted by Gasteiger charge is 2.08. The highest BCUT2D eigenvalue weighted by molar-refractivity contribution is 5.66. The van der Waals surface area contributed by atoms with E-state index in [2.05, 4.69) is 34.4 Å². The SMILES string of the molecule is COc1ccc(Nc2cc(C)nc(NCCC(C)C)n2)c(OC)c1. The van der Waals surface area contributed by atoms with Gasteiger partial charge < -0.3 is 20.1 Å². The van der Waals surface area contributed by atoms with Crippen LogP contribution >= 0.6 is 0 Å². The topological polar surface area (TPSA) is 68.3 Å². The fraction of sp³-hybridized carbons (Fsp3) is 0.444. The number of hydrogen-bond donors (Lipinski definition) is 2. The van der Waals surface area contributed by atoms with Gasteiger partial charge in [-0.2, -0.15) is 4.98 Å². The average molecular weight is 330 g/mol. The lowest BCUT2D eigenvalue weighted by Crippen LogP contribution is -2.09. The molecule has 0 aliphatic carbocycles. The summed E-state index contributed by atoms with van der Waals surface area (Å²) in [5, 5.41) is 6.56. The van der Waals surface area contributed by atoms with Gasteiger partial charge in [-0.05, 0) is 31.4 Å². The first-order valence-electron chi connectivity index (χ1n) is 8.10. The molecule has 0 aliphatic rings. The maximum atomic E-state index is 5.41. The van der Waals surface area contributed by atoms with Crippen molar-refractivity contribution in [3.63, 3.8) is 0 Å². The summed E-state index contributed by atoms with van der Waals surface area (Å²) in [6, 6.07) is 7.51. The van der Waals surface area contributed by atoms with Gasteiger partial charge >= 0.3 is 0 Å². The Morgan fingerprint density at radius 1 is 1.08 bits per heavy atom. The highest BCUT2D eigenvalue weighted by atomic mass is 16.5. The molecule has 0 spiro atoms. The number of hydrogen-bond acceptors (Lipinski definition) is 6. The highest BCUT2D eigenvalue weighted by Crippen LogP contribution is 2.31. The van der Waals surface area contributed by atoms with E-state index in [1.807, 2.05) is 31.2 Å². The second-order valence-electron chi connectivity index (χ2n) is 6.02. The first-order chi connectivity index (χ1) is 11.5. The molecule has 2 aromatic rings. The molecule has 2 N–H and O–H groups in total. The standard InChI is InChI=1S/C18H26N4O2/c1-12(2)8-9-19-18-20-13(3)10-17(22-18)21-15-7-6-14(23-4)11-16(15)24-5/h6-7,10-12H,8-9H2,1-5H3,(H2,19,20,21,22). The Hall–Kier alpha value is -2.50. The summed E-state index contributed by atoms with van der Waals surface area (Å²) in [6.07, 6.45) is 1.08. The molecular weight excluding hydrogens is 304 g/mol. The van der Waals surface area contributed by atoms with Crippen LogP contribution in [-0.4, -0.2) is 30.7 Å². The first kappa shape index (κ1) is 17.8. The molecule has 24 heavy (non-hydrogen) atoms. The first-order valence-corrected chi connectivity index (χ1v) is 8.10. The molecule has 0 radical (unpaired) electrons. The van der Waals surface area contributed by atoms with Gasteiger partial charge in [0.05, 0.1) is 19.9 Å². The number of anilines is 3. The van der Waals surface area contributed by atoms with Crippen LogP contribution in [0.3, 0.4) is 0 Å². The van der Waals surface area contributed by atoms with Crippen molar-refractivity contribution in [2.24, 2.45) is 5.92 Å². The summed E-state index contributed by atoms with van der Waals surface area (Å²) >= 11 is 0. The van der Waals surface area contributed by atoms with Crippen molar-refractivity contribution in [3.8, 4) is 11.5 Å². The second-order valence-corrected chi connectivity index (χ2v) is 6.02. The van der Waals surface area contributed by atoms with Gasteiger partial charge in [0.15, 0.2) is 0 Å². The Kier molecular flexibility index (Phi) is 6.23. The van der Waals surface area contributed by atoms with Crippen LogP contribution in [0.5, 0.6) is 11.5 Å². The van der Waals surface area contributed by atoms with Gasteiger partial charge in [-0.15, -0.1) is 0 Å². The van der Waals surface area contributed by atoms with Gasteiger partial charge in [-0.3, -0.25) is 0 Å². The quantitative estimate of drug-likeness (QED) is 0.762. The van der Waals surface area contributed by atoms with Crippen LogP contribution in [0.25, 0.3) is 0 Å². The van der Waals surface area contributed by atoms with E-state index in [1.54, 1.807) is 14.2 Å². The zero-order chi connectivity index (χ0) is 17.5. The molecule has 0 aliphatic heterocycles. The van der Waals surface area contributed by atoms with E-state index in [0.717, 1.165) is 35.9 Å². The molecule has 0 saturated heterocycles. The van der Waals surface area contributed by atoms with E-state index in [1.165, 1.54) is 0 Å². The lowest BCUT2D eigenvalue weighted by molar-refractivity contribution is 0.395. The minimum absolute atomic E-state index is 0.630. The minimum Gasteiger partial charge on any atom is -0.497 e. The predicted molar refractivity (Wildman–Crippen MR) is 97.5 cm³/mol. The number of nitrogens with one attached hydrogen (secondary N) is 2. The number of nitrogens with zero attached hydrogens (tertiary/aromatic N) is 2. The molecule has 0 bridgehead atoms. The zero-order valence-electron chi connectivity index (χ0n) is 15.0. The van der Waals surface area contributed by atoms with Gasteiger partial charge in [0.2, 0.25) is 5.95 Å². The van der Waals surface area contributed by atoms with Gasteiger partial charge in [0, 0.05) is 24.4 Å². The third-order valence-corrected chi connectivity index (χ3v) is 3.53. The molecule has 1 heterocycles. The summed E-state index contributed by atoms with van der Waals surface area (Å²) < 4.78 is 10.6. The van der Waals surface area contributed by atoms with E-state index in [4.69, 9.17) is 9.47 Å². The summed E-state index contributed by atoms with van der Waals surface area (Å²) in [5.41, 5.74) is 1.72. The average Bonchev–Trinajstić information content (AvgIpc) is 2.54. The molecule has 6 nitrogen and oxygen atoms in total. The molecular formula is C18H26N4O2. The van der Waals surface area contributed by atoms with Crippen LogP contribution in [0, 0.1) is 12.8 Å². The number of benzene rings is 1. The van der Waals surface area contributed by atoms with Gasteiger partial charge in [0.25, 0.3) is 0 Å². The van der Waals surface area contributed by atoms with Gasteiger partial charge in [-0.25, -0.2) is 4.98 Å². The van der Waals surface area contributed by atoms with E-state index in [-0.39, 0.29) is 0 Å². The number of rotatable bonds is 8. The van der Waals surface area contributed by atoms with E-state index < -0.39 is 0 Å². The Morgan fingerprint density at radius 3 is 2.54 bits per heavy atom. The minimum atomic E-state index is 0.630. The maximum Gasteiger partial charge on any atom is 0.224 e. The molecule has 130 valence electrons. The smallest absolute Gasteiger partial charge is 0.224 e. The molecule has 0 amide bonds. The van der Waals surface area contributed by atoms with E-state index >= 15 is 0 Å². The fourth-order valence-electron chi connectivity index (χ4n) is 2.22. The normalized spacial score (nSPS) is 10.6. The van der Waals surface area contributed by atoms with Crippen molar-refractivity contribution < 1.29 is 9.47 Å². The number of methoxy groups -OCH3 is 2. The molecule has 1 aromatic heterocycles. The van der Waals surface area contributed by atoms with Gasteiger partial charge in [0.1, 0.15) is 17.3 Å². The summed E-state index contributed by atoms with van der Waals surface area (Å²) in [4.78, 5) is 8.95. The number of aromatic nitrogens is 2. The molecule has 6 heteroatoms. The molecule has 0 saturated carbocycles. The zero-order valence-corrected chi connectivity index (χ0v) is 15.0. The Morgan fingerprint density at radius 2 is 1.88 bits per heavy atom. The van der Waals surface area contributed by atoms with E-state index in [0.29, 0.717) is 17.6 Å². The Labute approximate surface area is 143 Å². The fourth-order valence-corrected chi connectivity index (χ4v) is 2.22. The number of aryl methyl sites for hydroxylation is 1. The van der Waals surface area contributed by atoms with Crippen LogP contribution in [0.4, 0.5) is 17.5 Å². The van der Waals surface area contributed by atoms with Crippen LogP contribution in [0.15, 0.2) is 24.3 Å². The van der Waals surface area contributed by atoms with Crippen molar-refractivity contribution in [1.82, 2.24) is 9.97 Å². The molecule has 0 atom stereocenters. The summed E-state index contributed by atoms with van der Waals surface area (Å²) in [6.45, 7) is 7.20. The predicted octanol–water partition coefficient (Wildman–Crippen LogP) is 4.00. The Balaban J connectivity index is 2.16. The monoisotopic (exact) mass is 330 g/mol. The lowest BCUT2D eigenvalue weighted by atomic mass is 10.1. The molecule has 1 aromatic carbocycles. The summed E-state index contributed by atoms with van der Waals surface area (Å²) in [5.74, 6) is 3.43. The van der Waals surface area contributed by atoms with Crippen molar-refractivity contribution >= 4 is 17.5 Å². The van der Waals surface area contributed by atoms with E-state index in [9.17, 15) is 0 Å². The van der Waals surface area contributed by atoms with Crippen molar-refractivity contribution in [2.45, 2.75) is 27.2 Å². The third kappa shape index (κ3) is 5.01. The van der Waals surface area contributed by atoms with Crippen molar-refractivity contribution in [1.29, 1.82) is 0 Å². The van der Waals surface area contributed by atoms with Crippen molar-refractivity contribution in [2.75, 3.05) is 31.4 Å². The third-order valence-electron chi connectivity index (χ3n) is 3.53. The van der Waals surface area contributed by atoms with Crippen LogP contribution in [-0.2, 0) is 0 Å². The molecule has 0 unspecified atom stereocenters. The molecule has 0 fully saturated rings. The Bertz CT molecular complexity index is 674. The van der Waals surface area contributed by atoms with Crippen molar-refractivity contribution in [3.05, 3.63) is 30.0 Å². The van der Waals surface area contributed by atoms with Crippen LogP contribution in [0.1, 0.15) is 26.0 Å².